The largest absolute Gasteiger partial charge is 0.337 e. The Morgan fingerprint density at radius 1 is 1.05 bits per heavy atom. The molecule has 2 aromatic heterocycles. The van der Waals surface area contributed by atoms with Crippen molar-refractivity contribution in [2.45, 2.75) is 5.16 Å². The van der Waals surface area contributed by atoms with Crippen LogP contribution in [-0.4, -0.2) is 26.2 Å². The lowest BCUT2D eigenvalue weighted by atomic mass is 10.2. The normalized spacial score (nSPS) is 10.6. The van der Waals surface area contributed by atoms with E-state index in [4.69, 9.17) is 0 Å². The molecule has 0 radical (unpaired) electrons. The van der Waals surface area contributed by atoms with Crippen LogP contribution in [0.3, 0.4) is 0 Å². The Hall–Kier alpha value is -2.14. The summed E-state index contributed by atoms with van der Waals surface area (Å²) in [7, 11) is 0. The number of H-pyrrole nitrogens is 1. The van der Waals surface area contributed by atoms with E-state index in [1.807, 2.05) is 48.9 Å². The van der Waals surface area contributed by atoms with Gasteiger partial charge >= 0.3 is 0 Å². The summed E-state index contributed by atoms with van der Waals surface area (Å²) in [5.74, 6) is 0.761. The van der Waals surface area contributed by atoms with Gasteiger partial charge in [-0.1, -0.05) is 42.1 Å². The number of thioether (sulfide) groups is 1. The Balaban J connectivity index is 1.97. The lowest BCUT2D eigenvalue weighted by Crippen LogP contribution is -1.90. The first kappa shape index (κ1) is 11.9. The van der Waals surface area contributed by atoms with E-state index in [0.717, 1.165) is 27.9 Å². The summed E-state index contributed by atoms with van der Waals surface area (Å²) >= 11 is 1.52. The van der Waals surface area contributed by atoms with Crippen LogP contribution in [0, 0.1) is 0 Å². The number of benzene rings is 1. The third kappa shape index (κ3) is 2.51. The molecule has 94 valence electrons. The first-order chi connectivity index (χ1) is 9.36. The maximum Gasteiger partial charge on any atom is 0.187 e. The maximum absolute atomic E-state index is 4.43. The van der Waals surface area contributed by atoms with E-state index in [9.17, 15) is 0 Å². The second-order valence-corrected chi connectivity index (χ2v) is 4.71. The van der Waals surface area contributed by atoms with Crippen LogP contribution < -0.4 is 0 Å². The summed E-state index contributed by atoms with van der Waals surface area (Å²) in [6.45, 7) is 0. The average molecular weight is 268 g/mol. The molecule has 0 aliphatic carbocycles. The van der Waals surface area contributed by atoms with Crippen LogP contribution in [0.25, 0.3) is 22.8 Å². The predicted octanol–water partition coefficient (Wildman–Crippen LogP) is 3.26. The quantitative estimate of drug-likeness (QED) is 0.585. The number of hydrogen-bond acceptors (Lipinski definition) is 4. The highest BCUT2D eigenvalue weighted by molar-refractivity contribution is 7.98. The Morgan fingerprint density at radius 3 is 2.68 bits per heavy atom. The van der Waals surface area contributed by atoms with E-state index in [0.29, 0.717) is 0 Å². The summed E-state index contributed by atoms with van der Waals surface area (Å²) in [6.07, 6.45) is 5.53. The van der Waals surface area contributed by atoms with E-state index in [2.05, 4.69) is 19.9 Å². The molecule has 0 aliphatic heterocycles. The summed E-state index contributed by atoms with van der Waals surface area (Å²) in [6, 6.07) is 12.0. The molecular weight excluding hydrogens is 256 g/mol. The van der Waals surface area contributed by atoms with Gasteiger partial charge in [-0.2, -0.15) is 0 Å². The zero-order chi connectivity index (χ0) is 13.1. The van der Waals surface area contributed by atoms with Crippen molar-refractivity contribution in [1.82, 2.24) is 19.9 Å². The van der Waals surface area contributed by atoms with E-state index in [1.54, 1.807) is 6.20 Å². The van der Waals surface area contributed by atoms with Gasteiger partial charge in [0.15, 0.2) is 11.0 Å². The van der Waals surface area contributed by atoms with Gasteiger partial charge in [-0.15, -0.1) is 0 Å². The fourth-order valence-electron chi connectivity index (χ4n) is 1.79. The number of nitrogens with one attached hydrogen (secondary N) is 1. The summed E-state index contributed by atoms with van der Waals surface area (Å²) in [5, 5.41) is 0.746. The third-order valence-electron chi connectivity index (χ3n) is 2.72. The van der Waals surface area contributed by atoms with E-state index in [-0.39, 0.29) is 0 Å². The number of imidazole rings is 1. The Labute approximate surface area is 115 Å². The van der Waals surface area contributed by atoms with Crippen LogP contribution in [0.1, 0.15) is 0 Å². The molecular formula is C14H12N4S. The Bertz CT molecular complexity index is 679. The molecule has 1 N–H and O–H groups in total. The number of hydrogen-bond donors (Lipinski definition) is 1. The fourth-order valence-corrected chi connectivity index (χ4v) is 2.14. The fraction of sp³-hybridized carbons (Fsp3) is 0.0714. The van der Waals surface area contributed by atoms with Gasteiger partial charge in [0, 0.05) is 6.20 Å². The molecule has 19 heavy (non-hydrogen) atoms. The lowest BCUT2D eigenvalue weighted by molar-refractivity contribution is 0.967. The van der Waals surface area contributed by atoms with Gasteiger partial charge in [0.1, 0.15) is 5.69 Å². The van der Waals surface area contributed by atoms with Gasteiger partial charge in [0.2, 0.25) is 0 Å². The molecule has 0 saturated heterocycles. The molecule has 0 unspecified atom stereocenters. The average Bonchev–Trinajstić information content (AvgIpc) is 2.98. The molecule has 0 aliphatic rings. The molecule has 0 saturated carbocycles. The van der Waals surface area contributed by atoms with Gasteiger partial charge in [-0.05, 0) is 17.9 Å². The molecule has 3 rings (SSSR count). The number of nitrogens with zero attached hydrogens (tertiary/aromatic N) is 3. The lowest BCUT2D eigenvalue weighted by Gasteiger charge is -1.99. The Morgan fingerprint density at radius 2 is 1.89 bits per heavy atom. The van der Waals surface area contributed by atoms with E-state index >= 15 is 0 Å². The minimum atomic E-state index is 0.746. The van der Waals surface area contributed by atoms with Crippen molar-refractivity contribution >= 4 is 11.8 Å². The second-order valence-electron chi connectivity index (χ2n) is 3.94. The number of aromatic nitrogens is 4. The molecule has 3 aromatic rings. The van der Waals surface area contributed by atoms with Crippen molar-refractivity contribution in [2.24, 2.45) is 0 Å². The first-order valence-corrected chi connectivity index (χ1v) is 7.07. The smallest absolute Gasteiger partial charge is 0.187 e. The standard InChI is InChI=1S/C14H12N4S/c1-19-14-15-8-7-11(18-14)13-16-9-12(17-13)10-5-3-2-4-6-10/h2-9H,1H3,(H,16,17). The van der Waals surface area contributed by atoms with Crippen molar-refractivity contribution in [3.63, 3.8) is 0 Å². The molecule has 5 heteroatoms. The van der Waals surface area contributed by atoms with E-state index in [1.165, 1.54) is 11.8 Å². The molecule has 0 fully saturated rings. The van der Waals surface area contributed by atoms with Crippen LogP contribution >= 0.6 is 11.8 Å². The molecule has 1 aromatic carbocycles. The minimum absolute atomic E-state index is 0.746. The van der Waals surface area contributed by atoms with Crippen LogP contribution in [0.2, 0.25) is 0 Å². The molecule has 2 heterocycles. The summed E-state index contributed by atoms with van der Waals surface area (Å²) < 4.78 is 0. The highest BCUT2D eigenvalue weighted by atomic mass is 32.2. The molecule has 0 bridgehead atoms. The summed E-state index contributed by atoms with van der Waals surface area (Å²) in [5.41, 5.74) is 2.90. The molecule has 4 nitrogen and oxygen atoms in total. The highest BCUT2D eigenvalue weighted by Gasteiger charge is 2.07. The molecule has 0 spiro atoms. The highest BCUT2D eigenvalue weighted by Crippen LogP contribution is 2.21. The predicted molar refractivity (Wildman–Crippen MR) is 76.8 cm³/mol. The van der Waals surface area contributed by atoms with Crippen molar-refractivity contribution in [3.8, 4) is 22.8 Å². The molecule has 0 atom stereocenters. The monoisotopic (exact) mass is 268 g/mol. The first-order valence-electron chi connectivity index (χ1n) is 5.84. The van der Waals surface area contributed by atoms with Crippen molar-refractivity contribution in [3.05, 3.63) is 48.8 Å². The topological polar surface area (TPSA) is 54.5 Å². The Kier molecular flexibility index (Phi) is 3.29. The van der Waals surface area contributed by atoms with Crippen LogP contribution in [0.5, 0.6) is 0 Å². The van der Waals surface area contributed by atoms with Crippen LogP contribution in [0.4, 0.5) is 0 Å². The SMILES string of the molecule is CSc1nccc(-c2ncc(-c3ccccc3)[nH]2)n1. The number of rotatable bonds is 3. The van der Waals surface area contributed by atoms with E-state index < -0.39 is 0 Å². The van der Waals surface area contributed by atoms with Gasteiger partial charge in [0.25, 0.3) is 0 Å². The van der Waals surface area contributed by atoms with Gasteiger partial charge in [-0.25, -0.2) is 15.0 Å². The zero-order valence-corrected chi connectivity index (χ0v) is 11.2. The van der Waals surface area contributed by atoms with Crippen molar-refractivity contribution in [1.29, 1.82) is 0 Å². The third-order valence-corrected chi connectivity index (χ3v) is 3.28. The van der Waals surface area contributed by atoms with Gasteiger partial charge in [0.05, 0.1) is 11.9 Å². The molecule has 0 amide bonds. The van der Waals surface area contributed by atoms with Crippen molar-refractivity contribution in [2.75, 3.05) is 6.26 Å². The number of aromatic amines is 1. The zero-order valence-electron chi connectivity index (χ0n) is 10.4. The van der Waals surface area contributed by atoms with Gasteiger partial charge < -0.3 is 4.98 Å². The van der Waals surface area contributed by atoms with Crippen LogP contribution in [0.15, 0.2) is 53.9 Å². The van der Waals surface area contributed by atoms with Crippen LogP contribution in [-0.2, 0) is 0 Å². The maximum atomic E-state index is 4.43. The van der Waals surface area contributed by atoms with Gasteiger partial charge in [-0.3, -0.25) is 0 Å². The second kappa shape index (κ2) is 5.24. The summed E-state index contributed by atoms with van der Waals surface area (Å²) in [4.78, 5) is 16.3. The minimum Gasteiger partial charge on any atom is -0.337 e. The van der Waals surface area contributed by atoms with Crippen molar-refractivity contribution < 1.29 is 0 Å².